The Morgan fingerprint density at radius 2 is 1.80 bits per heavy atom. The molecule has 0 radical (unpaired) electrons. The van der Waals surface area contributed by atoms with Crippen LogP contribution in [0.25, 0.3) is 10.8 Å². The minimum absolute atomic E-state index is 0.00271. The van der Waals surface area contributed by atoms with Gasteiger partial charge in [-0.2, -0.15) is 0 Å². The predicted octanol–water partition coefficient (Wildman–Crippen LogP) is 2.01. The molecule has 0 spiro atoms. The highest BCUT2D eigenvalue weighted by Gasteiger charge is 2.28. The van der Waals surface area contributed by atoms with Crippen LogP contribution in [0.2, 0.25) is 0 Å². The first-order valence-corrected chi connectivity index (χ1v) is 8.17. The molecule has 0 saturated carbocycles. The fourth-order valence-electron chi connectivity index (χ4n) is 2.74. The number of carbonyl (C=O) groups excluding carboxylic acids is 3. The van der Waals surface area contributed by atoms with Gasteiger partial charge in [-0.3, -0.25) is 14.4 Å². The Hall–Kier alpha value is -2.89. The number of ether oxygens (including phenoxy) is 1. The third-order valence-electron chi connectivity index (χ3n) is 3.99. The third kappa shape index (κ3) is 4.56. The molecule has 6 heteroatoms. The lowest BCUT2D eigenvalue weighted by molar-refractivity contribution is -0.144. The molecule has 0 aliphatic carbocycles. The van der Waals surface area contributed by atoms with Gasteiger partial charge in [0.15, 0.2) is 0 Å². The molecule has 0 bridgehead atoms. The fourth-order valence-corrected chi connectivity index (χ4v) is 2.74. The summed E-state index contributed by atoms with van der Waals surface area (Å²) in [6.07, 6.45) is -0.00271. The molecule has 6 nitrogen and oxygen atoms in total. The van der Waals surface area contributed by atoms with Crippen LogP contribution in [0.4, 0.5) is 0 Å². The van der Waals surface area contributed by atoms with Gasteiger partial charge in [0.1, 0.15) is 6.04 Å². The summed E-state index contributed by atoms with van der Waals surface area (Å²) in [5, 5.41) is 4.35. The molecule has 0 unspecified atom stereocenters. The van der Waals surface area contributed by atoms with Gasteiger partial charge >= 0.3 is 5.97 Å². The van der Waals surface area contributed by atoms with E-state index in [1.807, 2.05) is 30.3 Å². The molecule has 132 valence electrons. The Bertz CT molecular complexity index is 783. The first kappa shape index (κ1) is 18.4. The maximum atomic E-state index is 12.7. The number of amides is 2. The van der Waals surface area contributed by atoms with Gasteiger partial charge in [0.05, 0.1) is 13.0 Å². The molecule has 2 aromatic carbocycles. The monoisotopic (exact) mass is 342 g/mol. The minimum atomic E-state index is -0.962. The predicted molar refractivity (Wildman–Crippen MR) is 94.8 cm³/mol. The summed E-state index contributed by atoms with van der Waals surface area (Å²) >= 11 is 0. The van der Waals surface area contributed by atoms with E-state index >= 15 is 0 Å². The first-order chi connectivity index (χ1) is 11.9. The Balaban J connectivity index is 2.20. The molecule has 2 amide bonds. The van der Waals surface area contributed by atoms with Crippen LogP contribution < -0.4 is 11.1 Å². The quantitative estimate of drug-likeness (QED) is 0.752. The summed E-state index contributed by atoms with van der Waals surface area (Å²) in [5.74, 6) is -2.00. The van der Waals surface area contributed by atoms with Crippen molar-refractivity contribution in [2.24, 2.45) is 11.7 Å². The second-order valence-corrected chi connectivity index (χ2v) is 5.87. The van der Waals surface area contributed by atoms with Gasteiger partial charge in [-0.25, -0.2) is 0 Å². The molecular weight excluding hydrogens is 320 g/mol. The Kier molecular flexibility index (Phi) is 6.11. The van der Waals surface area contributed by atoms with Crippen molar-refractivity contribution in [3.05, 3.63) is 48.0 Å². The number of benzene rings is 2. The van der Waals surface area contributed by atoms with E-state index in [9.17, 15) is 14.4 Å². The van der Waals surface area contributed by atoms with E-state index in [2.05, 4.69) is 5.32 Å². The molecule has 0 fully saturated rings. The Labute approximate surface area is 146 Å². The maximum absolute atomic E-state index is 12.7. The van der Waals surface area contributed by atoms with Crippen LogP contribution in [0.1, 0.15) is 30.6 Å². The summed E-state index contributed by atoms with van der Waals surface area (Å²) in [6, 6.07) is 11.9. The molecule has 0 aliphatic rings. The highest BCUT2D eigenvalue weighted by atomic mass is 16.5. The Morgan fingerprint density at radius 1 is 1.12 bits per heavy atom. The number of carbonyl (C=O) groups is 3. The van der Waals surface area contributed by atoms with E-state index in [0.29, 0.717) is 5.56 Å². The van der Waals surface area contributed by atoms with Crippen molar-refractivity contribution in [3.63, 3.8) is 0 Å². The van der Waals surface area contributed by atoms with Crippen LogP contribution in [-0.2, 0) is 14.3 Å². The molecular formula is C19H22N2O4. The standard InChI is InChI=1S/C19H22N2O4/c1-3-25-16(22)11-12(2)17(18(20)23)21-19(24)15-10-6-8-13-7-4-5-9-14(13)15/h4-10,12,17H,3,11H2,1-2H3,(H2,20,23)(H,21,24)/t12-,17-/m0/s1. The highest BCUT2D eigenvalue weighted by molar-refractivity contribution is 6.08. The molecule has 3 N–H and O–H groups in total. The zero-order valence-electron chi connectivity index (χ0n) is 14.3. The van der Waals surface area contributed by atoms with Gasteiger partial charge in [0.2, 0.25) is 5.91 Å². The molecule has 2 rings (SSSR count). The SMILES string of the molecule is CCOC(=O)C[C@H](C)[C@H](NC(=O)c1cccc2ccccc12)C(N)=O. The number of nitrogens with one attached hydrogen (secondary N) is 1. The van der Waals surface area contributed by atoms with Crippen molar-refractivity contribution in [1.82, 2.24) is 5.32 Å². The zero-order valence-corrected chi connectivity index (χ0v) is 14.3. The van der Waals surface area contributed by atoms with Gasteiger partial charge in [-0.05, 0) is 29.7 Å². The van der Waals surface area contributed by atoms with E-state index in [4.69, 9.17) is 10.5 Å². The van der Waals surface area contributed by atoms with Crippen molar-refractivity contribution in [2.75, 3.05) is 6.61 Å². The van der Waals surface area contributed by atoms with Gasteiger partial charge in [-0.1, -0.05) is 43.3 Å². The minimum Gasteiger partial charge on any atom is -0.466 e. The largest absolute Gasteiger partial charge is 0.466 e. The smallest absolute Gasteiger partial charge is 0.306 e. The van der Waals surface area contributed by atoms with Gasteiger partial charge in [-0.15, -0.1) is 0 Å². The van der Waals surface area contributed by atoms with Crippen molar-refractivity contribution in [1.29, 1.82) is 0 Å². The normalized spacial score (nSPS) is 13.0. The van der Waals surface area contributed by atoms with Gasteiger partial charge in [0, 0.05) is 5.56 Å². The number of nitrogens with two attached hydrogens (primary N) is 1. The number of hydrogen-bond acceptors (Lipinski definition) is 4. The average molecular weight is 342 g/mol. The van der Waals surface area contributed by atoms with Crippen molar-refractivity contribution >= 4 is 28.6 Å². The van der Waals surface area contributed by atoms with Crippen LogP contribution in [0, 0.1) is 5.92 Å². The lowest BCUT2D eigenvalue weighted by atomic mass is 9.96. The summed E-state index contributed by atoms with van der Waals surface area (Å²) in [7, 11) is 0. The van der Waals surface area contributed by atoms with E-state index < -0.39 is 29.7 Å². The Morgan fingerprint density at radius 3 is 2.48 bits per heavy atom. The second kappa shape index (κ2) is 8.28. The topological polar surface area (TPSA) is 98.5 Å². The number of esters is 1. The summed E-state index contributed by atoms with van der Waals surface area (Å²) in [5.41, 5.74) is 5.87. The van der Waals surface area contributed by atoms with Crippen LogP contribution in [0.5, 0.6) is 0 Å². The molecule has 0 aromatic heterocycles. The van der Waals surface area contributed by atoms with Crippen molar-refractivity contribution in [2.45, 2.75) is 26.3 Å². The molecule has 0 heterocycles. The second-order valence-electron chi connectivity index (χ2n) is 5.87. The highest BCUT2D eigenvalue weighted by Crippen LogP contribution is 2.19. The van der Waals surface area contributed by atoms with E-state index in [0.717, 1.165) is 10.8 Å². The average Bonchev–Trinajstić information content (AvgIpc) is 2.58. The number of fused-ring (bicyclic) bond motifs is 1. The molecule has 2 atom stereocenters. The zero-order chi connectivity index (χ0) is 18.4. The molecule has 25 heavy (non-hydrogen) atoms. The van der Waals surface area contributed by atoms with Gasteiger partial charge < -0.3 is 15.8 Å². The lowest BCUT2D eigenvalue weighted by Gasteiger charge is -2.22. The number of rotatable bonds is 7. The van der Waals surface area contributed by atoms with Crippen LogP contribution in [-0.4, -0.2) is 30.4 Å². The summed E-state index contributed by atoms with van der Waals surface area (Å²) < 4.78 is 4.89. The summed E-state index contributed by atoms with van der Waals surface area (Å²) in [4.78, 5) is 36.0. The van der Waals surface area contributed by atoms with Crippen LogP contribution in [0.15, 0.2) is 42.5 Å². The van der Waals surface area contributed by atoms with E-state index in [1.165, 1.54) is 0 Å². The number of hydrogen-bond donors (Lipinski definition) is 2. The maximum Gasteiger partial charge on any atom is 0.306 e. The van der Waals surface area contributed by atoms with Crippen molar-refractivity contribution in [3.8, 4) is 0 Å². The summed E-state index contributed by atoms with van der Waals surface area (Å²) in [6.45, 7) is 3.64. The van der Waals surface area contributed by atoms with Crippen LogP contribution in [0.3, 0.4) is 0 Å². The van der Waals surface area contributed by atoms with E-state index in [-0.39, 0.29) is 13.0 Å². The van der Waals surface area contributed by atoms with Crippen LogP contribution >= 0.6 is 0 Å². The third-order valence-corrected chi connectivity index (χ3v) is 3.99. The van der Waals surface area contributed by atoms with Crippen molar-refractivity contribution < 1.29 is 19.1 Å². The number of primary amides is 1. The first-order valence-electron chi connectivity index (χ1n) is 8.17. The van der Waals surface area contributed by atoms with Gasteiger partial charge in [0.25, 0.3) is 5.91 Å². The lowest BCUT2D eigenvalue weighted by Crippen LogP contribution is -2.49. The fraction of sp³-hybridized carbons (Fsp3) is 0.316. The molecule has 0 saturated heterocycles. The molecule has 0 aliphatic heterocycles. The van der Waals surface area contributed by atoms with E-state index in [1.54, 1.807) is 26.0 Å². The molecule has 2 aromatic rings.